The molecule has 1 aromatic carbocycles. The van der Waals surface area contributed by atoms with Crippen LogP contribution in [0.5, 0.6) is 0 Å². The molecular weight excluding hydrogens is 446 g/mol. The SMILES string of the molecule is CCC(CCC(=O)NCNCCCCn1c(CCOC)nc2c(N)nc3ccccc3c21)C(N)=O. The highest BCUT2D eigenvalue weighted by Crippen LogP contribution is 2.29. The molecule has 35 heavy (non-hydrogen) atoms. The normalized spacial score (nSPS) is 12.3. The number of para-hydroxylation sites is 1. The van der Waals surface area contributed by atoms with Crippen molar-refractivity contribution in [2.75, 3.05) is 32.7 Å². The van der Waals surface area contributed by atoms with Crippen LogP contribution >= 0.6 is 0 Å². The van der Waals surface area contributed by atoms with Gasteiger partial charge < -0.3 is 26.1 Å². The Morgan fingerprint density at radius 2 is 2.00 bits per heavy atom. The molecule has 0 radical (unpaired) electrons. The van der Waals surface area contributed by atoms with Gasteiger partial charge in [-0.05, 0) is 38.3 Å². The highest BCUT2D eigenvalue weighted by molar-refractivity contribution is 6.06. The number of carbonyl (C=O) groups is 2. The molecule has 2 amide bonds. The van der Waals surface area contributed by atoms with Crippen LogP contribution in [0.15, 0.2) is 24.3 Å². The molecule has 10 heteroatoms. The second-order valence-electron chi connectivity index (χ2n) is 8.66. The average molecular weight is 484 g/mol. The van der Waals surface area contributed by atoms with Crippen LogP contribution < -0.4 is 22.1 Å². The number of methoxy groups -OCH3 is 1. The molecule has 3 rings (SSSR count). The number of nitrogen functional groups attached to an aromatic ring is 1. The maximum absolute atomic E-state index is 12.0. The maximum Gasteiger partial charge on any atom is 0.221 e. The molecule has 1 unspecified atom stereocenters. The number of anilines is 1. The van der Waals surface area contributed by atoms with Gasteiger partial charge in [0.25, 0.3) is 0 Å². The number of imidazole rings is 1. The number of nitrogens with two attached hydrogens (primary N) is 2. The van der Waals surface area contributed by atoms with E-state index >= 15 is 0 Å². The molecule has 10 nitrogen and oxygen atoms in total. The number of aryl methyl sites for hydroxylation is 1. The zero-order chi connectivity index (χ0) is 25.2. The third-order valence-electron chi connectivity index (χ3n) is 6.23. The van der Waals surface area contributed by atoms with Crippen molar-refractivity contribution in [2.45, 2.75) is 52.0 Å². The first-order valence-electron chi connectivity index (χ1n) is 12.2. The minimum atomic E-state index is -0.346. The van der Waals surface area contributed by atoms with Crippen LogP contribution in [-0.4, -0.2) is 53.3 Å². The summed E-state index contributed by atoms with van der Waals surface area (Å²) in [6.07, 6.45) is 3.98. The van der Waals surface area contributed by atoms with E-state index in [4.69, 9.17) is 21.2 Å². The van der Waals surface area contributed by atoms with Crippen molar-refractivity contribution >= 4 is 39.6 Å². The van der Waals surface area contributed by atoms with E-state index in [0.717, 1.165) is 53.7 Å². The fourth-order valence-electron chi connectivity index (χ4n) is 4.24. The zero-order valence-corrected chi connectivity index (χ0v) is 20.7. The van der Waals surface area contributed by atoms with Gasteiger partial charge >= 0.3 is 0 Å². The molecule has 2 heterocycles. The smallest absolute Gasteiger partial charge is 0.221 e. The van der Waals surface area contributed by atoms with Gasteiger partial charge in [-0.1, -0.05) is 25.1 Å². The number of ether oxygens (including phenoxy) is 1. The number of rotatable bonds is 15. The number of pyridine rings is 1. The number of aromatic nitrogens is 3. The maximum atomic E-state index is 12.0. The second-order valence-corrected chi connectivity index (χ2v) is 8.66. The number of benzene rings is 1. The lowest BCUT2D eigenvalue weighted by Crippen LogP contribution is -2.35. The fraction of sp³-hybridized carbons (Fsp3) is 0.520. The van der Waals surface area contributed by atoms with Crippen molar-refractivity contribution in [3.63, 3.8) is 0 Å². The summed E-state index contributed by atoms with van der Waals surface area (Å²) in [7, 11) is 1.68. The lowest BCUT2D eigenvalue weighted by Gasteiger charge is -2.12. The van der Waals surface area contributed by atoms with Gasteiger partial charge in [-0.3, -0.25) is 14.9 Å². The van der Waals surface area contributed by atoms with Crippen LogP contribution in [0.2, 0.25) is 0 Å². The largest absolute Gasteiger partial charge is 0.384 e. The Morgan fingerprint density at radius 1 is 1.20 bits per heavy atom. The minimum Gasteiger partial charge on any atom is -0.384 e. The van der Waals surface area contributed by atoms with Gasteiger partial charge in [-0.25, -0.2) is 9.97 Å². The number of amides is 2. The predicted octanol–water partition coefficient (Wildman–Crippen LogP) is 2.09. The van der Waals surface area contributed by atoms with Gasteiger partial charge in [-0.2, -0.15) is 0 Å². The molecule has 190 valence electrons. The Morgan fingerprint density at radius 3 is 2.74 bits per heavy atom. The van der Waals surface area contributed by atoms with Crippen LogP contribution in [0.1, 0.15) is 44.9 Å². The van der Waals surface area contributed by atoms with E-state index in [1.807, 2.05) is 25.1 Å². The molecule has 0 aliphatic heterocycles. The van der Waals surface area contributed by atoms with Crippen molar-refractivity contribution < 1.29 is 14.3 Å². The molecule has 0 fully saturated rings. The lowest BCUT2D eigenvalue weighted by molar-refractivity contribution is -0.123. The highest BCUT2D eigenvalue weighted by Gasteiger charge is 2.17. The molecule has 0 saturated heterocycles. The molecule has 2 aromatic heterocycles. The van der Waals surface area contributed by atoms with Gasteiger partial charge in [0.1, 0.15) is 11.3 Å². The summed E-state index contributed by atoms with van der Waals surface area (Å²) in [5, 5.41) is 7.12. The summed E-state index contributed by atoms with van der Waals surface area (Å²) in [5.74, 6) is 0.706. The first kappa shape index (κ1) is 26.4. The lowest BCUT2D eigenvalue weighted by atomic mass is 10.00. The van der Waals surface area contributed by atoms with E-state index in [2.05, 4.69) is 26.3 Å². The Kier molecular flexibility index (Phi) is 9.80. The van der Waals surface area contributed by atoms with Gasteiger partial charge in [0.05, 0.1) is 24.3 Å². The summed E-state index contributed by atoms with van der Waals surface area (Å²) in [5.41, 5.74) is 14.2. The Bertz CT molecular complexity index is 1140. The quantitative estimate of drug-likeness (QED) is 0.191. The van der Waals surface area contributed by atoms with Gasteiger partial charge in [0.15, 0.2) is 5.82 Å². The third kappa shape index (κ3) is 6.89. The molecular formula is C25H37N7O3. The number of hydrogen-bond donors (Lipinski definition) is 4. The van der Waals surface area contributed by atoms with Crippen LogP contribution in [0.4, 0.5) is 5.82 Å². The van der Waals surface area contributed by atoms with Crippen molar-refractivity contribution in [1.82, 2.24) is 25.2 Å². The van der Waals surface area contributed by atoms with Crippen molar-refractivity contribution in [3.8, 4) is 0 Å². The van der Waals surface area contributed by atoms with E-state index in [1.54, 1.807) is 7.11 Å². The van der Waals surface area contributed by atoms with E-state index < -0.39 is 0 Å². The number of hydrogen-bond acceptors (Lipinski definition) is 7. The van der Waals surface area contributed by atoms with E-state index in [0.29, 0.717) is 44.8 Å². The molecule has 0 aliphatic rings. The Hall–Kier alpha value is -3.24. The molecule has 0 spiro atoms. The number of nitrogens with zero attached hydrogens (tertiary/aromatic N) is 3. The van der Waals surface area contributed by atoms with Crippen LogP contribution in [0, 0.1) is 5.92 Å². The van der Waals surface area contributed by atoms with Crippen molar-refractivity contribution in [3.05, 3.63) is 30.1 Å². The highest BCUT2D eigenvalue weighted by atomic mass is 16.5. The number of unbranched alkanes of at least 4 members (excludes halogenated alkanes) is 1. The predicted molar refractivity (Wildman–Crippen MR) is 137 cm³/mol. The third-order valence-corrected chi connectivity index (χ3v) is 6.23. The molecule has 3 aromatic rings. The van der Waals surface area contributed by atoms with Crippen molar-refractivity contribution in [1.29, 1.82) is 0 Å². The summed E-state index contributed by atoms with van der Waals surface area (Å²) >= 11 is 0. The first-order valence-corrected chi connectivity index (χ1v) is 12.2. The monoisotopic (exact) mass is 483 g/mol. The van der Waals surface area contributed by atoms with Crippen LogP contribution in [-0.2, 0) is 27.3 Å². The van der Waals surface area contributed by atoms with Gasteiger partial charge in [0, 0.05) is 37.8 Å². The standard InChI is InChI=1S/C25H37N7O3/c1-3-17(25(27)34)10-11-21(33)29-16-28-13-6-7-14-32-20(12-15-35-2)31-22-23(32)18-8-4-5-9-19(18)30-24(22)26/h4-5,8-9,17,28H,3,6-7,10-16H2,1-2H3,(H2,26,30)(H2,27,34)(H,29,33). The number of carbonyl (C=O) groups excluding carboxylic acids is 2. The Balaban J connectivity index is 1.53. The second kappa shape index (κ2) is 13.0. The summed E-state index contributed by atoms with van der Waals surface area (Å²) in [6.45, 7) is 4.43. The molecule has 1 atom stereocenters. The summed E-state index contributed by atoms with van der Waals surface area (Å²) in [6, 6.07) is 7.97. The number of nitrogens with one attached hydrogen (secondary N) is 2. The van der Waals surface area contributed by atoms with E-state index in [1.165, 1.54) is 0 Å². The van der Waals surface area contributed by atoms with E-state index in [9.17, 15) is 9.59 Å². The zero-order valence-electron chi connectivity index (χ0n) is 20.7. The molecule has 0 saturated carbocycles. The summed E-state index contributed by atoms with van der Waals surface area (Å²) in [4.78, 5) is 32.6. The van der Waals surface area contributed by atoms with Crippen molar-refractivity contribution in [2.24, 2.45) is 11.7 Å². The summed E-state index contributed by atoms with van der Waals surface area (Å²) < 4.78 is 7.52. The van der Waals surface area contributed by atoms with Crippen LogP contribution in [0.25, 0.3) is 21.9 Å². The molecule has 0 bridgehead atoms. The van der Waals surface area contributed by atoms with Gasteiger partial charge in [-0.15, -0.1) is 0 Å². The Labute approximate surface area is 205 Å². The minimum absolute atomic E-state index is 0.0806. The molecule has 0 aliphatic carbocycles. The average Bonchev–Trinajstić information content (AvgIpc) is 3.21. The first-order chi connectivity index (χ1) is 17.0. The van der Waals surface area contributed by atoms with E-state index in [-0.39, 0.29) is 17.7 Å². The van der Waals surface area contributed by atoms with Crippen LogP contribution in [0.3, 0.4) is 0 Å². The number of fused-ring (bicyclic) bond motifs is 3. The fourth-order valence-corrected chi connectivity index (χ4v) is 4.24. The van der Waals surface area contributed by atoms with Gasteiger partial charge in [0.2, 0.25) is 11.8 Å². The topological polar surface area (TPSA) is 150 Å². The number of primary amides is 1. The molecule has 6 N–H and O–H groups in total.